The molecule has 4 nitrogen and oxygen atoms in total. The number of hydrogen-bond acceptors (Lipinski definition) is 5. The Morgan fingerprint density at radius 1 is 1.37 bits per heavy atom. The number of nitrogens with two attached hydrogens (primary N) is 1. The molecule has 0 aliphatic heterocycles. The average molecular weight is 274 g/mol. The minimum absolute atomic E-state index is 0.639. The van der Waals surface area contributed by atoms with E-state index in [0.29, 0.717) is 5.92 Å². The van der Waals surface area contributed by atoms with Gasteiger partial charge in [-0.3, -0.25) is 4.98 Å². The fourth-order valence-electron chi connectivity index (χ4n) is 2.32. The van der Waals surface area contributed by atoms with Crippen LogP contribution in [0.15, 0.2) is 24.5 Å². The number of nitrogens with zero attached hydrogens (tertiary/aromatic N) is 3. The first-order valence-corrected chi connectivity index (χ1v) is 7.45. The topological polar surface area (TPSA) is 55.0 Å². The van der Waals surface area contributed by atoms with Gasteiger partial charge in [0.25, 0.3) is 0 Å². The summed E-state index contributed by atoms with van der Waals surface area (Å²) in [6, 6.07) is 4.12. The molecule has 5 heteroatoms. The van der Waals surface area contributed by atoms with Crippen LogP contribution in [-0.2, 0) is 6.54 Å². The predicted octanol–water partition coefficient (Wildman–Crippen LogP) is 3.02. The highest BCUT2D eigenvalue weighted by Crippen LogP contribution is 2.48. The lowest BCUT2D eigenvalue weighted by molar-refractivity contribution is 0.832. The Labute approximate surface area is 117 Å². The summed E-state index contributed by atoms with van der Waals surface area (Å²) in [5.41, 5.74) is 8.58. The largest absolute Gasteiger partial charge is 0.383 e. The summed E-state index contributed by atoms with van der Waals surface area (Å²) in [5, 5.41) is 1.25. The molecule has 2 aromatic rings. The van der Waals surface area contributed by atoms with Crippen LogP contribution in [-0.4, -0.2) is 15.9 Å². The van der Waals surface area contributed by atoms with Gasteiger partial charge in [-0.25, -0.2) is 0 Å². The van der Waals surface area contributed by atoms with Gasteiger partial charge in [0.15, 0.2) is 0 Å². The first-order valence-electron chi connectivity index (χ1n) is 6.68. The van der Waals surface area contributed by atoms with E-state index in [0.717, 1.165) is 18.9 Å². The van der Waals surface area contributed by atoms with Crippen molar-refractivity contribution in [3.8, 4) is 0 Å². The monoisotopic (exact) mass is 274 g/mol. The molecular formula is C14H18N4S. The second kappa shape index (κ2) is 5.17. The second-order valence-electron chi connectivity index (χ2n) is 4.93. The molecule has 2 N–H and O–H groups in total. The molecule has 0 radical (unpaired) electrons. The minimum Gasteiger partial charge on any atom is -0.383 e. The van der Waals surface area contributed by atoms with Gasteiger partial charge in [-0.2, -0.15) is 4.37 Å². The van der Waals surface area contributed by atoms with Gasteiger partial charge in [0.05, 0.1) is 0 Å². The zero-order chi connectivity index (χ0) is 13.2. The van der Waals surface area contributed by atoms with Crippen LogP contribution in [0.2, 0.25) is 0 Å². The van der Waals surface area contributed by atoms with Gasteiger partial charge < -0.3 is 10.6 Å². The molecule has 0 saturated heterocycles. The fourth-order valence-corrected chi connectivity index (χ4v) is 3.28. The summed E-state index contributed by atoms with van der Waals surface area (Å²) in [7, 11) is 0. The summed E-state index contributed by atoms with van der Waals surface area (Å²) in [6.07, 6.45) is 6.18. The van der Waals surface area contributed by atoms with E-state index in [-0.39, 0.29) is 0 Å². The average Bonchev–Trinajstić information content (AvgIpc) is 3.20. The van der Waals surface area contributed by atoms with Crippen LogP contribution in [0.3, 0.4) is 0 Å². The van der Waals surface area contributed by atoms with Crippen molar-refractivity contribution in [3.05, 3.63) is 35.7 Å². The van der Waals surface area contributed by atoms with E-state index in [1.54, 1.807) is 0 Å². The number of rotatable bonds is 5. The molecule has 1 aliphatic rings. The Hall–Kier alpha value is -1.62. The predicted molar refractivity (Wildman–Crippen MR) is 79.5 cm³/mol. The Balaban J connectivity index is 1.86. The van der Waals surface area contributed by atoms with E-state index in [1.165, 1.54) is 40.5 Å². The van der Waals surface area contributed by atoms with Crippen molar-refractivity contribution in [3.63, 3.8) is 0 Å². The first kappa shape index (κ1) is 12.4. The van der Waals surface area contributed by atoms with Crippen LogP contribution in [0.5, 0.6) is 0 Å². The Bertz CT molecular complexity index is 548. The highest BCUT2D eigenvalue weighted by atomic mass is 32.1. The van der Waals surface area contributed by atoms with Crippen molar-refractivity contribution in [2.24, 2.45) is 0 Å². The lowest BCUT2D eigenvalue weighted by atomic mass is 10.2. The Kier molecular flexibility index (Phi) is 3.38. The van der Waals surface area contributed by atoms with Gasteiger partial charge in [0.1, 0.15) is 10.8 Å². The van der Waals surface area contributed by atoms with Crippen LogP contribution in [0.25, 0.3) is 0 Å². The van der Waals surface area contributed by atoms with E-state index >= 15 is 0 Å². The highest BCUT2D eigenvalue weighted by molar-refractivity contribution is 7.10. The third-order valence-corrected chi connectivity index (χ3v) is 4.45. The molecule has 19 heavy (non-hydrogen) atoms. The van der Waals surface area contributed by atoms with E-state index < -0.39 is 0 Å². The van der Waals surface area contributed by atoms with Crippen molar-refractivity contribution in [2.45, 2.75) is 32.2 Å². The third-order valence-electron chi connectivity index (χ3n) is 3.51. The van der Waals surface area contributed by atoms with E-state index in [9.17, 15) is 0 Å². The van der Waals surface area contributed by atoms with E-state index in [2.05, 4.69) is 33.3 Å². The van der Waals surface area contributed by atoms with Crippen molar-refractivity contribution in [1.29, 1.82) is 0 Å². The molecule has 0 atom stereocenters. The first-order chi connectivity index (χ1) is 9.29. The lowest BCUT2D eigenvalue weighted by Gasteiger charge is -2.22. The zero-order valence-corrected chi connectivity index (χ0v) is 11.9. The number of hydrogen-bond donors (Lipinski definition) is 1. The van der Waals surface area contributed by atoms with Gasteiger partial charge in [0, 0.05) is 31.0 Å². The van der Waals surface area contributed by atoms with Crippen LogP contribution in [0.4, 0.5) is 10.8 Å². The van der Waals surface area contributed by atoms with Crippen molar-refractivity contribution >= 4 is 22.4 Å². The smallest absolute Gasteiger partial charge is 0.142 e. The molecule has 2 heterocycles. The maximum atomic E-state index is 6.03. The Morgan fingerprint density at radius 3 is 2.74 bits per heavy atom. The molecule has 0 amide bonds. The summed E-state index contributed by atoms with van der Waals surface area (Å²) in [5.74, 6) is 1.37. The second-order valence-corrected chi connectivity index (χ2v) is 5.68. The molecule has 1 fully saturated rings. The van der Waals surface area contributed by atoms with Crippen molar-refractivity contribution in [2.75, 3.05) is 17.2 Å². The van der Waals surface area contributed by atoms with Crippen LogP contribution < -0.4 is 10.6 Å². The van der Waals surface area contributed by atoms with Crippen LogP contribution in [0.1, 0.15) is 36.8 Å². The molecule has 0 aromatic carbocycles. The third kappa shape index (κ3) is 2.56. The lowest BCUT2D eigenvalue weighted by Crippen LogP contribution is -2.22. The zero-order valence-electron chi connectivity index (χ0n) is 11.0. The quantitative estimate of drug-likeness (QED) is 0.910. The SMILES string of the molecule is CCN(Cc1ccncc1)c1snc(N)c1C1CC1. The molecule has 3 rings (SSSR count). The molecule has 1 saturated carbocycles. The van der Waals surface area contributed by atoms with Gasteiger partial charge >= 0.3 is 0 Å². The Morgan fingerprint density at radius 2 is 2.11 bits per heavy atom. The number of pyridine rings is 1. The van der Waals surface area contributed by atoms with Crippen molar-refractivity contribution in [1.82, 2.24) is 9.36 Å². The van der Waals surface area contributed by atoms with Gasteiger partial charge in [-0.1, -0.05) is 0 Å². The molecule has 1 aliphatic carbocycles. The van der Waals surface area contributed by atoms with Gasteiger partial charge in [0.2, 0.25) is 0 Å². The summed E-state index contributed by atoms with van der Waals surface area (Å²) >= 11 is 1.53. The molecule has 0 unspecified atom stereocenters. The summed E-state index contributed by atoms with van der Waals surface area (Å²) in [4.78, 5) is 6.42. The normalized spacial score (nSPS) is 14.6. The fraction of sp³-hybridized carbons (Fsp3) is 0.429. The highest BCUT2D eigenvalue weighted by Gasteiger charge is 2.32. The number of anilines is 2. The summed E-state index contributed by atoms with van der Waals surface area (Å²) in [6.45, 7) is 4.03. The molecule has 2 aromatic heterocycles. The van der Waals surface area contributed by atoms with Gasteiger partial charge in [-0.05, 0) is 54.9 Å². The number of aromatic nitrogens is 2. The molecule has 0 spiro atoms. The number of nitrogen functional groups attached to an aromatic ring is 1. The molecule has 100 valence electrons. The van der Waals surface area contributed by atoms with E-state index in [1.807, 2.05) is 12.4 Å². The van der Waals surface area contributed by atoms with Crippen LogP contribution >= 0.6 is 11.5 Å². The minimum atomic E-state index is 0.639. The standard InChI is InChI=1S/C14H18N4S/c1-2-18(9-10-5-7-16-8-6-10)14-12(11-3-4-11)13(15)17-19-14/h5-8,11H,2-4,9H2,1H3,(H2,15,17). The van der Waals surface area contributed by atoms with Crippen molar-refractivity contribution < 1.29 is 0 Å². The summed E-state index contributed by atoms with van der Waals surface area (Å²) < 4.78 is 4.35. The maximum Gasteiger partial charge on any atom is 0.142 e. The maximum absolute atomic E-state index is 6.03. The molecular weight excluding hydrogens is 256 g/mol. The van der Waals surface area contributed by atoms with E-state index in [4.69, 9.17) is 5.73 Å². The van der Waals surface area contributed by atoms with Gasteiger partial charge in [-0.15, -0.1) is 0 Å². The molecule has 0 bridgehead atoms. The van der Waals surface area contributed by atoms with Crippen LogP contribution in [0, 0.1) is 0 Å².